The number of hydrogen-bond acceptors (Lipinski definition) is 5. The summed E-state index contributed by atoms with van der Waals surface area (Å²) in [6.45, 7) is 0.0137. The number of aromatic nitrogens is 4. The van der Waals surface area contributed by atoms with Gasteiger partial charge in [0.25, 0.3) is 0 Å². The maximum atomic E-state index is 8.94. The second-order valence-corrected chi connectivity index (χ2v) is 2.77. The summed E-state index contributed by atoms with van der Waals surface area (Å²) in [6, 6.07) is 7.41. The fraction of sp³-hybridized carbons (Fsp3) is 0.111. The summed E-state index contributed by atoms with van der Waals surface area (Å²) in [5, 5.41) is 23.2. The number of nitrogens with zero attached hydrogens (tertiary/aromatic N) is 4. The lowest BCUT2D eigenvalue weighted by Crippen LogP contribution is -1.93. The van der Waals surface area contributed by atoms with Crippen LogP contribution in [-0.4, -0.2) is 25.7 Å². The van der Waals surface area contributed by atoms with Gasteiger partial charge in [0.05, 0.1) is 12.8 Å². The van der Waals surface area contributed by atoms with Crippen LogP contribution < -0.4 is 0 Å². The van der Waals surface area contributed by atoms with Gasteiger partial charge >= 0.3 is 0 Å². The monoisotopic (exact) mass is 188 g/mol. The maximum Gasteiger partial charge on any atom is 0.115 e. The van der Waals surface area contributed by atoms with Crippen molar-refractivity contribution in [3.8, 4) is 11.3 Å². The van der Waals surface area contributed by atoms with E-state index in [2.05, 4.69) is 20.6 Å². The minimum Gasteiger partial charge on any atom is -0.392 e. The first kappa shape index (κ1) is 8.71. The molecule has 1 N–H and O–H groups in total. The SMILES string of the molecule is OCc1cccc(-c2cnnnn2)c1. The van der Waals surface area contributed by atoms with Gasteiger partial charge in [-0.25, -0.2) is 0 Å². The van der Waals surface area contributed by atoms with E-state index in [0.29, 0.717) is 5.69 Å². The van der Waals surface area contributed by atoms with Crippen molar-refractivity contribution in [2.24, 2.45) is 0 Å². The first-order chi connectivity index (χ1) is 6.90. The van der Waals surface area contributed by atoms with E-state index < -0.39 is 0 Å². The Morgan fingerprint density at radius 2 is 2.14 bits per heavy atom. The zero-order chi connectivity index (χ0) is 9.80. The third-order valence-electron chi connectivity index (χ3n) is 1.83. The van der Waals surface area contributed by atoms with Crippen molar-refractivity contribution in [3.63, 3.8) is 0 Å². The van der Waals surface area contributed by atoms with Crippen molar-refractivity contribution >= 4 is 0 Å². The standard InChI is InChI=1S/C9H8N4O/c14-6-7-2-1-3-8(4-7)9-5-10-12-13-11-9/h1-5,14H,6H2. The van der Waals surface area contributed by atoms with Crippen molar-refractivity contribution in [3.05, 3.63) is 36.0 Å². The van der Waals surface area contributed by atoms with E-state index in [1.54, 1.807) is 0 Å². The molecule has 0 amide bonds. The molecule has 0 aliphatic carbocycles. The average molecular weight is 188 g/mol. The lowest BCUT2D eigenvalue weighted by Gasteiger charge is -2.00. The number of hydrogen-bond donors (Lipinski definition) is 1. The number of rotatable bonds is 2. The fourth-order valence-corrected chi connectivity index (χ4v) is 1.16. The summed E-state index contributed by atoms with van der Waals surface area (Å²) in [4.78, 5) is 0. The van der Waals surface area contributed by atoms with Crippen LogP contribution in [0.3, 0.4) is 0 Å². The van der Waals surface area contributed by atoms with Crippen molar-refractivity contribution in [1.29, 1.82) is 0 Å². The van der Waals surface area contributed by atoms with Gasteiger partial charge in [0.2, 0.25) is 0 Å². The van der Waals surface area contributed by atoms with Crippen molar-refractivity contribution < 1.29 is 5.11 Å². The largest absolute Gasteiger partial charge is 0.392 e. The molecule has 0 spiro atoms. The van der Waals surface area contributed by atoms with E-state index >= 15 is 0 Å². The minimum absolute atomic E-state index is 0.0137. The summed E-state index contributed by atoms with van der Waals surface area (Å²) in [5.41, 5.74) is 2.36. The smallest absolute Gasteiger partial charge is 0.115 e. The number of benzene rings is 1. The van der Waals surface area contributed by atoms with Gasteiger partial charge in [-0.3, -0.25) is 0 Å². The average Bonchev–Trinajstić information content (AvgIpc) is 2.30. The van der Waals surface area contributed by atoms with E-state index in [9.17, 15) is 0 Å². The highest BCUT2D eigenvalue weighted by molar-refractivity contribution is 5.58. The molecular formula is C9H8N4O. The molecule has 0 unspecified atom stereocenters. The first-order valence-electron chi connectivity index (χ1n) is 4.11. The predicted octanol–water partition coefficient (Wildman–Crippen LogP) is 0.426. The summed E-state index contributed by atoms with van der Waals surface area (Å²) >= 11 is 0. The molecule has 2 aromatic rings. The van der Waals surface area contributed by atoms with Crippen LogP contribution in [0.15, 0.2) is 30.5 Å². The van der Waals surface area contributed by atoms with E-state index in [0.717, 1.165) is 11.1 Å². The molecule has 1 heterocycles. The summed E-state index contributed by atoms with van der Waals surface area (Å²) in [5.74, 6) is 0. The van der Waals surface area contributed by atoms with Crippen molar-refractivity contribution in [2.75, 3.05) is 0 Å². The number of aliphatic hydroxyl groups is 1. The van der Waals surface area contributed by atoms with Crippen molar-refractivity contribution in [1.82, 2.24) is 20.6 Å². The van der Waals surface area contributed by atoms with E-state index in [-0.39, 0.29) is 6.61 Å². The molecule has 1 aromatic carbocycles. The van der Waals surface area contributed by atoms with Gasteiger partial charge in [-0.15, -0.1) is 10.2 Å². The Morgan fingerprint density at radius 3 is 2.86 bits per heavy atom. The van der Waals surface area contributed by atoms with Gasteiger partial charge in [0.1, 0.15) is 5.69 Å². The third kappa shape index (κ3) is 1.72. The summed E-state index contributed by atoms with van der Waals surface area (Å²) < 4.78 is 0. The first-order valence-corrected chi connectivity index (χ1v) is 4.11. The second-order valence-electron chi connectivity index (χ2n) is 2.77. The zero-order valence-electron chi connectivity index (χ0n) is 7.33. The second kappa shape index (κ2) is 3.89. The molecule has 14 heavy (non-hydrogen) atoms. The van der Waals surface area contributed by atoms with Crippen LogP contribution in [0.1, 0.15) is 5.56 Å². The summed E-state index contributed by atoms with van der Waals surface area (Å²) in [7, 11) is 0. The van der Waals surface area contributed by atoms with Gasteiger partial charge in [-0.2, -0.15) is 0 Å². The van der Waals surface area contributed by atoms with Gasteiger partial charge < -0.3 is 5.11 Å². The summed E-state index contributed by atoms with van der Waals surface area (Å²) in [6.07, 6.45) is 1.53. The molecule has 70 valence electrons. The molecular weight excluding hydrogens is 180 g/mol. The fourth-order valence-electron chi connectivity index (χ4n) is 1.16. The maximum absolute atomic E-state index is 8.94. The van der Waals surface area contributed by atoms with Crippen LogP contribution in [0.4, 0.5) is 0 Å². The van der Waals surface area contributed by atoms with E-state index in [1.807, 2.05) is 24.3 Å². The van der Waals surface area contributed by atoms with Crippen LogP contribution in [0.2, 0.25) is 0 Å². The molecule has 5 heteroatoms. The Morgan fingerprint density at radius 1 is 1.21 bits per heavy atom. The third-order valence-corrected chi connectivity index (χ3v) is 1.83. The highest BCUT2D eigenvalue weighted by atomic mass is 16.3. The van der Waals surface area contributed by atoms with Gasteiger partial charge in [-0.1, -0.05) is 18.2 Å². The normalized spacial score (nSPS) is 10.1. The van der Waals surface area contributed by atoms with Gasteiger partial charge in [0.15, 0.2) is 0 Å². The highest BCUT2D eigenvalue weighted by Gasteiger charge is 2.00. The Labute approximate surface area is 80.4 Å². The van der Waals surface area contributed by atoms with Gasteiger partial charge in [0, 0.05) is 5.56 Å². The Bertz CT molecular complexity index is 418. The quantitative estimate of drug-likeness (QED) is 0.739. The molecule has 1 aromatic heterocycles. The van der Waals surface area contributed by atoms with Crippen LogP contribution in [-0.2, 0) is 6.61 Å². The van der Waals surface area contributed by atoms with E-state index in [4.69, 9.17) is 5.11 Å². The molecule has 0 radical (unpaired) electrons. The van der Waals surface area contributed by atoms with Gasteiger partial charge in [-0.05, 0) is 22.1 Å². The van der Waals surface area contributed by atoms with Crippen LogP contribution in [0, 0.1) is 0 Å². The molecule has 0 aliphatic rings. The Hall–Kier alpha value is -1.88. The molecule has 0 atom stereocenters. The highest BCUT2D eigenvalue weighted by Crippen LogP contribution is 2.15. The topological polar surface area (TPSA) is 71.8 Å². The van der Waals surface area contributed by atoms with Crippen LogP contribution in [0.5, 0.6) is 0 Å². The lowest BCUT2D eigenvalue weighted by atomic mass is 10.1. The number of aliphatic hydroxyl groups excluding tert-OH is 1. The molecule has 0 fully saturated rings. The minimum atomic E-state index is 0.0137. The molecule has 0 saturated carbocycles. The Kier molecular flexibility index (Phi) is 2.42. The predicted molar refractivity (Wildman–Crippen MR) is 49.0 cm³/mol. The molecule has 0 aliphatic heterocycles. The molecule has 2 rings (SSSR count). The zero-order valence-corrected chi connectivity index (χ0v) is 7.33. The Balaban J connectivity index is 2.42. The molecule has 5 nitrogen and oxygen atoms in total. The van der Waals surface area contributed by atoms with E-state index in [1.165, 1.54) is 6.20 Å². The van der Waals surface area contributed by atoms with Crippen LogP contribution in [0.25, 0.3) is 11.3 Å². The van der Waals surface area contributed by atoms with Crippen molar-refractivity contribution in [2.45, 2.75) is 6.61 Å². The van der Waals surface area contributed by atoms with Crippen LogP contribution >= 0.6 is 0 Å². The molecule has 0 bridgehead atoms. The lowest BCUT2D eigenvalue weighted by molar-refractivity contribution is 0.282. The molecule has 0 saturated heterocycles.